The molecule has 0 atom stereocenters. The predicted octanol–water partition coefficient (Wildman–Crippen LogP) is 2.53. The summed E-state index contributed by atoms with van der Waals surface area (Å²) in [5, 5.41) is 1.06. The van der Waals surface area contributed by atoms with Gasteiger partial charge in [-0.2, -0.15) is 4.98 Å². The van der Waals surface area contributed by atoms with Crippen molar-refractivity contribution >= 4 is 16.8 Å². The molecule has 6 nitrogen and oxygen atoms in total. The Kier molecular flexibility index (Phi) is 5.11. The van der Waals surface area contributed by atoms with Crippen LogP contribution in [0.2, 0.25) is 0 Å². The number of amides is 1. The fourth-order valence-electron chi connectivity index (χ4n) is 3.19. The normalized spacial score (nSPS) is 10.9. The van der Waals surface area contributed by atoms with Crippen molar-refractivity contribution in [2.75, 3.05) is 7.05 Å². The number of carbonyl (C=O) groups is 1. The van der Waals surface area contributed by atoms with Crippen LogP contribution in [-0.4, -0.2) is 32.8 Å². The van der Waals surface area contributed by atoms with E-state index in [0.29, 0.717) is 25.1 Å². The highest BCUT2D eigenvalue weighted by Gasteiger charge is 2.13. The first-order valence-corrected chi connectivity index (χ1v) is 8.58. The average molecular weight is 350 g/mol. The number of hydrogen-bond acceptors (Lipinski definition) is 4. The van der Waals surface area contributed by atoms with E-state index in [0.717, 1.165) is 27.7 Å². The van der Waals surface area contributed by atoms with E-state index in [1.54, 1.807) is 18.0 Å². The molecule has 0 aliphatic carbocycles. The molecular formula is C20H22N4O2. The molecule has 0 spiro atoms. The highest BCUT2D eigenvalue weighted by Crippen LogP contribution is 2.18. The first-order chi connectivity index (χ1) is 12.5. The molecule has 0 aliphatic rings. The number of pyridine rings is 1. The number of nitrogens with one attached hydrogen (secondary N) is 1. The maximum absolute atomic E-state index is 12.6. The third kappa shape index (κ3) is 3.79. The summed E-state index contributed by atoms with van der Waals surface area (Å²) in [6, 6.07) is 9.88. The monoisotopic (exact) mass is 350 g/mol. The van der Waals surface area contributed by atoms with Crippen molar-refractivity contribution in [3.05, 3.63) is 69.5 Å². The molecule has 3 rings (SSSR count). The number of nitrogens with zero attached hydrogens (tertiary/aromatic N) is 3. The Morgan fingerprint density at radius 3 is 2.77 bits per heavy atom. The van der Waals surface area contributed by atoms with Gasteiger partial charge in [-0.05, 0) is 43.5 Å². The maximum Gasteiger partial charge on any atom is 0.345 e. The number of rotatable bonds is 5. The number of aryl methyl sites for hydroxylation is 2. The smallest absolute Gasteiger partial charge is 0.341 e. The Morgan fingerprint density at radius 2 is 2.00 bits per heavy atom. The standard InChI is InChI=1S/C20H22N4O2/c1-13-16(14(2)23-20(26)22-13)9-10-19(25)24(3)12-15-6-4-8-18-17(15)7-5-11-21-18/h4-8,11H,9-10,12H2,1-3H3,(H,22,23,26). The third-order valence-electron chi connectivity index (χ3n) is 4.61. The zero-order valence-corrected chi connectivity index (χ0v) is 15.2. The van der Waals surface area contributed by atoms with E-state index in [1.165, 1.54) is 0 Å². The Balaban J connectivity index is 1.70. The van der Waals surface area contributed by atoms with Gasteiger partial charge in [-0.15, -0.1) is 0 Å². The Labute approximate surface area is 151 Å². The minimum absolute atomic E-state index is 0.0518. The van der Waals surface area contributed by atoms with Crippen molar-refractivity contribution in [2.45, 2.75) is 33.2 Å². The molecule has 2 aromatic heterocycles. The molecule has 134 valence electrons. The van der Waals surface area contributed by atoms with E-state index in [4.69, 9.17) is 0 Å². The van der Waals surface area contributed by atoms with Crippen LogP contribution in [0.3, 0.4) is 0 Å². The van der Waals surface area contributed by atoms with Gasteiger partial charge in [-0.1, -0.05) is 18.2 Å². The van der Waals surface area contributed by atoms with Crippen molar-refractivity contribution in [1.82, 2.24) is 19.9 Å². The van der Waals surface area contributed by atoms with Crippen molar-refractivity contribution in [3.63, 3.8) is 0 Å². The van der Waals surface area contributed by atoms with Gasteiger partial charge >= 0.3 is 5.69 Å². The summed E-state index contributed by atoms with van der Waals surface area (Å²) in [5.41, 5.74) is 4.04. The number of benzene rings is 1. The van der Waals surface area contributed by atoms with E-state index in [-0.39, 0.29) is 11.6 Å². The van der Waals surface area contributed by atoms with Crippen LogP contribution >= 0.6 is 0 Å². The first-order valence-electron chi connectivity index (χ1n) is 8.58. The van der Waals surface area contributed by atoms with Crippen molar-refractivity contribution in [1.29, 1.82) is 0 Å². The lowest BCUT2D eigenvalue weighted by Crippen LogP contribution is -2.27. The van der Waals surface area contributed by atoms with Crippen LogP contribution in [0.5, 0.6) is 0 Å². The number of fused-ring (bicyclic) bond motifs is 1. The second-order valence-corrected chi connectivity index (χ2v) is 6.47. The van der Waals surface area contributed by atoms with Gasteiger partial charge in [-0.3, -0.25) is 9.78 Å². The average Bonchev–Trinajstić information content (AvgIpc) is 2.61. The lowest BCUT2D eigenvalue weighted by Gasteiger charge is -2.19. The number of carbonyl (C=O) groups excluding carboxylic acids is 1. The molecular weight excluding hydrogens is 328 g/mol. The van der Waals surface area contributed by atoms with Gasteiger partial charge in [-0.25, -0.2) is 4.79 Å². The lowest BCUT2D eigenvalue weighted by atomic mass is 10.1. The third-order valence-corrected chi connectivity index (χ3v) is 4.61. The molecule has 1 N–H and O–H groups in total. The second kappa shape index (κ2) is 7.47. The zero-order chi connectivity index (χ0) is 18.7. The lowest BCUT2D eigenvalue weighted by molar-refractivity contribution is -0.130. The Morgan fingerprint density at radius 1 is 1.19 bits per heavy atom. The van der Waals surface area contributed by atoms with Gasteiger partial charge in [0.25, 0.3) is 0 Å². The first kappa shape index (κ1) is 17.8. The predicted molar refractivity (Wildman–Crippen MR) is 101 cm³/mol. The molecule has 0 aliphatic heterocycles. The molecule has 3 aromatic rings. The summed E-state index contributed by atoms with van der Waals surface area (Å²) < 4.78 is 0. The quantitative estimate of drug-likeness (QED) is 0.767. The SMILES string of the molecule is Cc1nc(=O)[nH]c(C)c1CCC(=O)N(C)Cc1cccc2ncccc12. The zero-order valence-electron chi connectivity index (χ0n) is 15.2. The van der Waals surface area contributed by atoms with Crippen LogP contribution in [0, 0.1) is 13.8 Å². The fourth-order valence-corrected chi connectivity index (χ4v) is 3.19. The Bertz CT molecular complexity index is 979. The van der Waals surface area contributed by atoms with Crippen molar-refractivity contribution in [2.24, 2.45) is 0 Å². The molecule has 0 fully saturated rings. The van der Waals surface area contributed by atoms with E-state index >= 15 is 0 Å². The Hall–Kier alpha value is -3.02. The highest BCUT2D eigenvalue weighted by molar-refractivity contribution is 5.83. The summed E-state index contributed by atoms with van der Waals surface area (Å²) in [4.78, 5) is 36.6. The van der Waals surface area contributed by atoms with Crippen LogP contribution in [-0.2, 0) is 17.8 Å². The van der Waals surface area contributed by atoms with Crippen LogP contribution in [0.1, 0.15) is 28.9 Å². The van der Waals surface area contributed by atoms with Crippen LogP contribution in [0.4, 0.5) is 0 Å². The number of aromatic amines is 1. The van der Waals surface area contributed by atoms with E-state index in [2.05, 4.69) is 15.0 Å². The van der Waals surface area contributed by atoms with E-state index < -0.39 is 0 Å². The summed E-state index contributed by atoms with van der Waals surface area (Å²) >= 11 is 0. The van der Waals surface area contributed by atoms with Crippen molar-refractivity contribution in [3.8, 4) is 0 Å². The molecule has 26 heavy (non-hydrogen) atoms. The molecule has 1 aromatic carbocycles. The molecule has 0 bridgehead atoms. The molecule has 0 radical (unpaired) electrons. The van der Waals surface area contributed by atoms with Gasteiger partial charge in [0.05, 0.1) is 5.52 Å². The van der Waals surface area contributed by atoms with Gasteiger partial charge in [0.2, 0.25) is 5.91 Å². The largest absolute Gasteiger partial charge is 0.345 e. The molecule has 0 saturated carbocycles. The molecule has 6 heteroatoms. The van der Waals surface area contributed by atoms with Gasteiger partial charge < -0.3 is 9.88 Å². The van der Waals surface area contributed by atoms with E-state index in [1.807, 2.05) is 44.3 Å². The summed E-state index contributed by atoms with van der Waals surface area (Å²) in [6.07, 6.45) is 2.69. The summed E-state index contributed by atoms with van der Waals surface area (Å²) in [5.74, 6) is 0.0518. The maximum atomic E-state index is 12.6. The molecule has 1 amide bonds. The molecule has 0 saturated heterocycles. The van der Waals surface area contributed by atoms with Gasteiger partial charge in [0.15, 0.2) is 0 Å². The van der Waals surface area contributed by atoms with Crippen LogP contribution in [0.15, 0.2) is 41.3 Å². The summed E-state index contributed by atoms with van der Waals surface area (Å²) in [6.45, 7) is 4.17. The minimum atomic E-state index is -0.350. The minimum Gasteiger partial charge on any atom is -0.341 e. The van der Waals surface area contributed by atoms with Crippen molar-refractivity contribution < 1.29 is 4.79 Å². The highest BCUT2D eigenvalue weighted by atomic mass is 16.2. The van der Waals surface area contributed by atoms with Crippen LogP contribution < -0.4 is 5.69 Å². The molecule has 2 heterocycles. The van der Waals surface area contributed by atoms with Gasteiger partial charge in [0.1, 0.15) is 0 Å². The fraction of sp³-hybridized carbons (Fsp3) is 0.300. The number of aromatic nitrogens is 3. The van der Waals surface area contributed by atoms with E-state index in [9.17, 15) is 9.59 Å². The molecule has 0 unspecified atom stereocenters. The topological polar surface area (TPSA) is 79.0 Å². The number of hydrogen-bond donors (Lipinski definition) is 1. The van der Waals surface area contributed by atoms with Crippen LogP contribution in [0.25, 0.3) is 10.9 Å². The van der Waals surface area contributed by atoms with Gasteiger partial charge in [0, 0.05) is 43.0 Å². The summed E-state index contributed by atoms with van der Waals surface area (Å²) in [7, 11) is 1.81. The second-order valence-electron chi connectivity index (χ2n) is 6.47. The number of H-pyrrole nitrogens is 1.